The fourth-order valence-electron chi connectivity index (χ4n) is 4.98. The standard InChI is InChI=1S/C33H37F3O2/c1-3-5-21-38-28-17-14-26(31(34)22-28)11-8-23-6-9-24(10-7-23)29-18-19-30(33(36)32(29)35)25-12-15-27(16-13-25)37-20-4-2/h8,11-19,22-24H,3-7,9-10,20-21H2,1-2H3/b11-8+. The molecule has 38 heavy (non-hydrogen) atoms. The molecule has 0 heterocycles. The Morgan fingerprint density at radius 1 is 0.763 bits per heavy atom. The Bertz CT molecular complexity index is 1210. The average Bonchev–Trinajstić information content (AvgIpc) is 2.94. The van der Waals surface area contributed by atoms with Crippen LogP contribution in [0.2, 0.25) is 0 Å². The van der Waals surface area contributed by atoms with E-state index in [1.165, 1.54) is 6.07 Å². The van der Waals surface area contributed by atoms with Gasteiger partial charge in [-0.1, -0.05) is 56.7 Å². The molecular weight excluding hydrogens is 485 g/mol. The van der Waals surface area contributed by atoms with Crippen LogP contribution in [0.25, 0.3) is 17.2 Å². The number of allylic oxidation sites excluding steroid dienone is 1. The van der Waals surface area contributed by atoms with Gasteiger partial charge in [-0.05, 0) is 85.8 Å². The summed E-state index contributed by atoms with van der Waals surface area (Å²) in [4.78, 5) is 0. The molecule has 1 aliphatic carbocycles. The third-order valence-electron chi connectivity index (χ3n) is 7.25. The SMILES string of the molecule is CCCCOc1ccc(/C=C/C2CCC(c3ccc(-c4ccc(OCCC)cc4)c(F)c3F)CC2)c(F)c1. The first kappa shape index (κ1) is 27.8. The summed E-state index contributed by atoms with van der Waals surface area (Å²) in [6.07, 6.45) is 9.97. The molecule has 0 saturated heterocycles. The van der Waals surface area contributed by atoms with Gasteiger partial charge in [0.1, 0.15) is 17.3 Å². The van der Waals surface area contributed by atoms with Gasteiger partial charge < -0.3 is 9.47 Å². The molecule has 0 N–H and O–H groups in total. The zero-order valence-electron chi connectivity index (χ0n) is 22.3. The highest BCUT2D eigenvalue weighted by Gasteiger charge is 2.26. The highest BCUT2D eigenvalue weighted by molar-refractivity contribution is 5.65. The van der Waals surface area contributed by atoms with Crippen molar-refractivity contribution >= 4 is 6.08 Å². The zero-order chi connectivity index (χ0) is 26.9. The molecule has 0 amide bonds. The van der Waals surface area contributed by atoms with Crippen molar-refractivity contribution in [2.24, 2.45) is 5.92 Å². The first-order chi connectivity index (χ1) is 18.5. The fourth-order valence-corrected chi connectivity index (χ4v) is 4.98. The molecule has 1 saturated carbocycles. The van der Waals surface area contributed by atoms with Crippen molar-refractivity contribution in [3.63, 3.8) is 0 Å². The monoisotopic (exact) mass is 522 g/mol. The molecule has 202 valence electrons. The Morgan fingerprint density at radius 3 is 2.16 bits per heavy atom. The summed E-state index contributed by atoms with van der Waals surface area (Å²) in [6, 6.07) is 15.5. The van der Waals surface area contributed by atoms with Gasteiger partial charge in [-0.2, -0.15) is 0 Å². The average molecular weight is 523 g/mol. The summed E-state index contributed by atoms with van der Waals surface area (Å²) >= 11 is 0. The zero-order valence-corrected chi connectivity index (χ0v) is 22.3. The van der Waals surface area contributed by atoms with Gasteiger partial charge in [0.05, 0.1) is 13.2 Å². The van der Waals surface area contributed by atoms with Crippen molar-refractivity contribution in [2.75, 3.05) is 13.2 Å². The first-order valence-electron chi connectivity index (χ1n) is 13.8. The molecule has 0 atom stereocenters. The van der Waals surface area contributed by atoms with Crippen LogP contribution in [0.5, 0.6) is 11.5 Å². The minimum atomic E-state index is -0.802. The van der Waals surface area contributed by atoms with E-state index < -0.39 is 11.6 Å². The van der Waals surface area contributed by atoms with Crippen LogP contribution in [0.15, 0.2) is 60.7 Å². The van der Waals surface area contributed by atoms with Crippen LogP contribution in [0, 0.1) is 23.4 Å². The summed E-state index contributed by atoms with van der Waals surface area (Å²) in [5, 5.41) is 0. The summed E-state index contributed by atoms with van der Waals surface area (Å²) in [5.74, 6) is -0.330. The summed E-state index contributed by atoms with van der Waals surface area (Å²) in [7, 11) is 0. The van der Waals surface area contributed by atoms with Crippen molar-refractivity contribution < 1.29 is 22.6 Å². The number of halogens is 3. The molecule has 3 aromatic rings. The van der Waals surface area contributed by atoms with Gasteiger partial charge >= 0.3 is 0 Å². The third-order valence-corrected chi connectivity index (χ3v) is 7.25. The van der Waals surface area contributed by atoms with Crippen molar-refractivity contribution in [1.29, 1.82) is 0 Å². The number of benzene rings is 3. The molecule has 0 aliphatic heterocycles. The minimum absolute atomic E-state index is 0.0238. The van der Waals surface area contributed by atoms with Crippen LogP contribution in [0.4, 0.5) is 13.2 Å². The molecule has 1 fully saturated rings. The molecule has 0 radical (unpaired) electrons. The molecule has 3 aromatic carbocycles. The van der Waals surface area contributed by atoms with Gasteiger partial charge in [0, 0.05) is 17.2 Å². The van der Waals surface area contributed by atoms with Gasteiger partial charge in [-0.25, -0.2) is 13.2 Å². The molecule has 0 unspecified atom stereocenters. The van der Waals surface area contributed by atoms with Crippen LogP contribution < -0.4 is 9.47 Å². The van der Waals surface area contributed by atoms with Crippen LogP contribution in [-0.4, -0.2) is 13.2 Å². The number of ether oxygens (including phenoxy) is 2. The van der Waals surface area contributed by atoms with E-state index in [-0.39, 0.29) is 23.2 Å². The van der Waals surface area contributed by atoms with Crippen LogP contribution in [0.3, 0.4) is 0 Å². The second-order valence-electron chi connectivity index (χ2n) is 10.1. The lowest BCUT2D eigenvalue weighted by Gasteiger charge is -2.27. The summed E-state index contributed by atoms with van der Waals surface area (Å²) < 4.78 is 55.9. The topological polar surface area (TPSA) is 18.5 Å². The molecule has 4 rings (SSSR count). The largest absolute Gasteiger partial charge is 0.494 e. The molecule has 5 heteroatoms. The Morgan fingerprint density at radius 2 is 1.47 bits per heavy atom. The van der Waals surface area contributed by atoms with Gasteiger partial charge in [0.2, 0.25) is 0 Å². The Hall–Kier alpha value is -3.21. The quantitative estimate of drug-likeness (QED) is 0.233. The number of hydrogen-bond donors (Lipinski definition) is 0. The fraction of sp³-hybridized carbons (Fsp3) is 0.394. The smallest absolute Gasteiger partial charge is 0.166 e. The van der Waals surface area contributed by atoms with Gasteiger partial charge in [-0.15, -0.1) is 0 Å². The lowest BCUT2D eigenvalue weighted by atomic mass is 9.78. The highest BCUT2D eigenvalue weighted by atomic mass is 19.2. The predicted molar refractivity (Wildman–Crippen MR) is 148 cm³/mol. The van der Waals surface area contributed by atoms with E-state index in [1.807, 2.05) is 19.1 Å². The number of rotatable bonds is 11. The molecule has 0 spiro atoms. The Kier molecular flexibility index (Phi) is 9.91. The van der Waals surface area contributed by atoms with Crippen LogP contribution >= 0.6 is 0 Å². The Labute approximate surface area is 224 Å². The number of unbranched alkanes of at least 4 members (excludes halogenated alkanes) is 1. The molecule has 0 bridgehead atoms. The predicted octanol–water partition coefficient (Wildman–Crippen LogP) is 9.73. The molecule has 1 aliphatic rings. The summed E-state index contributed by atoms with van der Waals surface area (Å²) in [5.41, 5.74) is 1.86. The van der Waals surface area contributed by atoms with E-state index in [4.69, 9.17) is 9.47 Å². The third kappa shape index (κ3) is 7.00. The van der Waals surface area contributed by atoms with Gasteiger partial charge in [-0.3, -0.25) is 0 Å². The van der Waals surface area contributed by atoms with E-state index in [9.17, 15) is 4.39 Å². The summed E-state index contributed by atoms with van der Waals surface area (Å²) in [6.45, 7) is 5.32. The second-order valence-corrected chi connectivity index (χ2v) is 10.1. The van der Waals surface area contributed by atoms with Crippen molar-refractivity contribution in [2.45, 2.75) is 64.7 Å². The van der Waals surface area contributed by atoms with Crippen LogP contribution in [0.1, 0.15) is 75.8 Å². The Balaban J connectivity index is 1.35. The number of hydrogen-bond acceptors (Lipinski definition) is 2. The van der Waals surface area contributed by atoms with Crippen LogP contribution in [-0.2, 0) is 0 Å². The first-order valence-corrected chi connectivity index (χ1v) is 13.8. The highest BCUT2D eigenvalue weighted by Crippen LogP contribution is 2.39. The van der Waals surface area contributed by atoms with Crippen molar-refractivity contribution in [3.05, 3.63) is 89.3 Å². The maximum absolute atomic E-state index is 15.2. The molecule has 2 nitrogen and oxygen atoms in total. The second kappa shape index (κ2) is 13.5. The van der Waals surface area contributed by atoms with Crippen molar-refractivity contribution in [1.82, 2.24) is 0 Å². The lowest BCUT2D eigenvalue weighted by Crippen LogP contribution is -2.13. The van der Waals surface area contributed by atoms with Gasteiger partial charge in [0.25, 0.3) is 0 Å². The molecular formula is C33H37F3O2. The molecule has 0 aromatic heterocycles. The van der Waals surface area contributed by atoms with E-state index in [0.717, 1.165) is 50.7 Å². The van der Waals surface area contributed by atoms with E-state index in [1.54, 1.807) is 48.5 Å². The maximum Gasteiger partial charge on any atom is 0.166 e. The lowest BCUT2D eigenvalue weighted by molar-refractivity contribution is 0.308. The van der Waals surface area contributed by atoms with Gasteiger partial charge in [0.15, 0.2) is 11.6 Å². The van der Waals surface area contributed by atoms with E-state index in [2.05, 4.69) is 6.92 Å². The van der Waals surface area contributed by atoms with Crippen molar-refractivity contribution in [3.8, 4) is 22.6 Å². The van der Waals surface area contributed by atoms with E-state index >= 15 is 8.78 Å². The van der Waals surface area contributed by atoms with E-state index in [0.29, 0.717) is 35.7 Å². The minimum Gasteiger partial charge on any atom is -0.494 e. The normalized spacial score (nSPS) is 17.6. The maximum atomic E-state index is 15.2.